The van der Waals surface area contributed by atoms with E-state index in [0.717, 1.165) is 55.4 Å². The van der Waals surface area contributed by atoms with Gasteiger partial charge in [-0.25, -0.2) is 13.4 Å². The summed E-state index contributed by atoms with van der Waals surface area (Å²) < 4.78 is 26.6. The van der Waals surface area contributed by atoms with Gasteiger partial charge in [-0.2, -0.15) is 0 Å². The quantitative estimate of drug-likeness (QED) is 0.330. The molecule has 0 bridgehead atoms. The van der Waals surface area contributed by atoms with Crippen molar-refractivity contribution >= 4 is 27.1 Å². The standard InChI is InChI=1S/C34H32ClNO2S/c1-3-25-8-4-10-27(16-15-25)30-20-18-28-12-7-21-36-34(33(28)22-30)29-11-5-9-26(17-19-29)24(2)39(37,38)32-14-6-13-31(35)23-32/h6,8,10-16,21-23,26H,2-3,5,9,17-20H2,1H3. The van der Waals surface area contributed by atoms with Gasteiger partial charge in [0.15, 0.2) is 0 Å². The minimum absolute atomic E-state index is 0.138. The second kappa shape index (κ2) is 11.8. The van der Waals surface area contributed by atoms with Crippen LogP contribution in [0, 0.1) is 5.92 Å². The van der Waals surface area contributed by atoms with Crippen LogP contribution in [0.3, 0.4) is 0 Å². The maximum absolute atomic E-state index is 13.3. The number of hydrogen-bond acceptors (Lipinski definition) is 3. The molecule has 39 heavy (non-hydrogen) atoms. The van der Waals surface area contributed by atoms with Gasteiger partial charge in [0.2, 0.25) is 9.84 Å². The summed E-state index contributed by atoms with van der Waals surface area (Å²) in [5.74, 6) is -0.138. The van der Waals surface area contributed by atoms with E-state index in [4.69, 9.17) is 16.6 Å². The summed E-state index contributed by atoms with van der Waals surface area (Å²) in [6, 6.07) is 6.42. The van der Waals surface area contributed by atoms with Gasteiger partial charge in [0, 0.05) is 15.5 Å². The zero-order valence-electron chi connectivity index (χ0n) is 22.2. The minimum Gasteiger partial charge on any atom is -0.248 e. The number of allylic oxidation sites excluding steroid dienone is 13. The first-order valence-corrected chi connectivity index (χ1v) is 15.4. The van der Waals surface area contributed by atoms with Crippen LogP contribution >= 0.6 is 11.6 Å². The third-order valence-electron chi connectivity index (χ3n) is 7.75. The molecule has 0 aromatic heterocycles. The molecule has 5 rings (SSSR count). The molecule has 4 aliphatic rings. The number of benzene rings is 1. The smallest absolute Gasteiger partial charge is 0.202 e. The van der Waals surface area contributed by atoms with Crippen LogP contribution in [-0.4, -0.2) is 14.1 Å². The normalized spacial score (nSPS) is 21.1. The molecule has 3 aliphatic carbocycles. The number of rotatable bonds is 6. The average molecular weight is 554 g/mol. The lowest BCUT2D eigenvalue weighted by atomic mass is 9.84. The van der Waals surface area contributed by atoms with Gasteiger partial charge in [-0.05, 0) is 121 Å². The molecule has 198 valence electrons. The SMILES string of the molecule is C=C(C1CCC=C(C2=NC=C=CC3=C2C=C(C2=CC=C(CC)C=C=C2)CC3)CC1)S(=O)(=O)c1cccc(Cl)c1. The lowest BCUT2D eigenvalue weighted by Gasteiger charge is -2.21. The Bertz CT molecular complexity index is 1640. The summed E-state index contributed by atoms with van der Waals surface area (Å²) in [6.07, 6.45) is 22.6. The third-order valence-corrected chi connectivity index (χ3v) is 9.89. The van der Waals surface area contributed by atoms with Crippen molar-refractivity contribution in [2.24, 2.45) is 10.9 Å². The Morgan fingerprint density at radius 3 is 2.77 bits per heavy atom. The maximum atomic E-state index is 13.3. The van der Waals surface area contributed by atoms with Crippen molar-refractivity contribution in [3.8, 4) is 0 Å². The van der Waals surface area contributed by atoms with Gasteiger partial charge < -0.3 is 0 Å². The summed E-state index contributed by atoms with van der Waals surface area (Å²) in [6.45, 7) is 6.20. The monoisotopic (exact) mass is 553 g/mol. The second-order valence-corrected chi connectivity index (χ2v) is 12.6. The largest absolute Gasteiger partial charge is 0.248 e. The van der Waals surface area contributed by atoms with Crippen molar-refractivity contribution in [2.45, 2.75) is 56.8 Å². The van der Waals surface area contributed by atoms with E-state index in [2.05, 4.69) is 61.4 Å². The van der Waals surface area contributed by atoms with E-state index in [9.17, 15) is 8.42 Å². The van der Waals surface area contributed by atoms with E-state index in [1.807, 2.05) is 6.08 Å². The molecular formula is C34H32ClNO2S. The van der Waals surface area contributed by atoms with Crippen LogP contribution in [0.4, 0.5) is 0 Å². The Kier molecular flexibility index (Phi) is 8.21. The average Bonchev–Trinajstić information content (AvgIpc) is 3.42. The fraction of sp³-hybridized carbons (Fsp3) is 0.265. The molecule has 0 amide bonds. The summed E-state index contributed by atoms with van der Waals surface area (Å²) in [5, 5.41) is 0.402. The number of hydrogen-bond donors (Lipinski definition) is 0. The fourth-order valence-electron chi connectivity index (χ4n) is 5.43. The number of aliphatic imine (C=N–C) groups is 1. The zero-order chi connectivity index (χ0) is 27.4. The van der Waals surface area contributed by atoms with Gasteiger partial charge in [0.25, 0.3) is 0 Å². The molecule has 1 unspecified atom stereocenters. The molecule has 0 spiro atoms. The van der Waals surface area contributed by atoms with Crippen molar-refractivity contribution in [3.63, 3.8) is 0 Å². The van der Waals surface area contributed by atoms with Crippen LogP contribution < -0.4 is 0 Å². The van der Waals surface area contributed by atoms with Crippen LogP contribution in [0.25, 0.3) is 0 Å². The molecule has 1 atom stereocenters. The van der Waals surface area contributed by atoms with Crippen molar-refractivity contribution in [3.05, 3.63) is 134 Å². The van der Waals surface area contributed by atoms with Crippen molar-refractivity contribution in [1.82, 2.24) is 0 Å². The molecule has 1 aliphatic heterocycles. The first kappa shape index (κ1) is 27.2. The van der Waals surface area contributed by atoms with E-state index in [-0.39, 0.29) is 15.7 Å². The van der Waals surface area contributed by atoms with E-state index >= 15 is 0 Å². The Labute approximate surface area is 237 Å². The van der Waals surface area contributed by atoms with Crippen LogP contribution in [0.15, 0.2) is 139 Å². The highest BCUT2D eigenvalue weighted by Gasteiger charge is 2.29. The molecule has 1 heterocycles. The third kappa shape index (κ3) is 5.96. The highest BCUT2D eigenvalue weighted by Crippen LogP contribution is 2.38. The molecule has 1 aromatic carbocycles. The van der Waals surface area contributed by atoms with E-state index < -0.39 is 9.84 Å². The molecule has 1 aromatic rings. The second-order valence-electron chi connectivity index (χ2n) is 10.2. The minimum atomic E-state index is -3.67. The van der Waals surface area contributed by atoms with E-state index in [0.29, 0.717) is 11.4 Å². The van der Waals surface area contributed by atoms with Gasteiger partial charge in [-0.1, -0.05) is 49.4 Å². The van der Waals surface area contributed by atoms with Gasteiger partial charge in [-0.3, -0.25) is 0 Å². The lowest BCUT2D eigenvalue weighted by molar-refractivity contribution is 0.540. The first-order valence-electron chi connectivity index (χ1n) is 13.5. The van der Waals surface area contributed by atoms with Gasteiger partial charge in [0.1, 0.15) is 0 Å². The molecule has 0 saturated carbocycles. The van der Waals surface area contributed by atoms with Crippen LogP contribution in [0.5, 0.6) is 0 Å². The molecule has 0 fully saturated rings. The summed E-state index contributed by atoms with van der Waals surface area (Å²) in [7, 11) is -3.67. The number of nitrogens with zero attached hydrogens (tertiary/aromatic N) is 1. The van der Waals surface area contributed by atoms with Crippen LogP contribution in [-0.2, 0) is 9.84 Å². The molecule has 5 heteroatoms. The molecular weight excluding hydrogens is 522 g/mol. The Hall–Kier alpha value is -3.39. The van der Waals surface area contributed by atoms with Crippen LogP contribution in [0.1, 0.15) is 51.9 Å². The fourth-order valence-corrected chi connectivity index (χ4v) is 7.21. The highest BCUT2D eigenvalue weighted by molar-refractivity contribution is 7.95. The molecule has 0 radical (unpaired) electrons. The molecule has 0 N–H and O–H groups in total. The van der Waals surface area contributed by atoms with Gasteiger partial charge >= 0.3 is 0 Å². The number of sulfone groups is 1. The zero-order valence-corrected chi connectivity index (χ0v) is 23.8. The number of halogens is 1. The predicted molar refractivity (Wildman–Crippen MR) is 161 cm³/mol. The topological polar surface area (TPSA) is 46.5 Å². The molecule has 3 nitrogen and oxygen atoms in total. The van der Waals surface area contributed by atoms with Crippen molar-refractivity contribution in [1.29, 1.82) is 0 Å². The highest BCUT2D eigenvalue weighted by atomic mass is 35.5. The van der Waals surface area contributed by atoms with Crippen molar-refractivity contribution in [2.75, 3.05) is 0 Å². The van der Waals surface area contributed by atoms with Gasteiger partial charge in [0.05, 0.1) is 16.8 Å². The summed E-state index contributed by atoms with van der Waals surface area (Å²) in [4.78, 5) is 5.30. The van der Waals surface area contributed by atoms with Gasteiger partial charge in [-0.15, -0.1) is 11.5 Å². The summed E-state index contributed by atoms with van der Waals surface area (Å²) in [5.41, 5.74) is 14.8. The molecule has 0 saturated heterocycles. The maximum Gasteiger partial charge on any atom is 0.202 e. The Balaban J connectivity index is 1.38. The van der Waals surface area contributed by atoms with Crippen molar-refractivity contribution < 1.29 is 8.42 Å². The first-order chi connectivity index (χ1) is 18.9. The van der Waals surface area contributed by atoms with Crippen LogP contribution in [0.2, 0.25) is 5.02 Å². The predicted octanol–water partition coefficient (Wildman–Crippen LogP) is 8.87. The summed E-state index contributed by atoms with van der Waals surface area (Å²) >= 11 is 6.07. The Morgan fingerprint density at radius 2 is 1.95 bits per heavy atom. The Morgan fingerprint density at radius 1 is 1.08 bits per heavy atom. The van der Waals surface area contributed by atoms with E-state index in [1.54, 1.807) is 24.4 Å². The van der Waals surface area contributed by atoms with E-state index in [1.165, 1.54) is 28.4 Å². The lowest BCUT2D eigenvalue weighted by Crippen LogP contribution is -2.14.